The first-order chi connectivity index (χ1) is 6.86. The van der Waals surface area contributed by atoms with E-state index in [1.54, 1.807) is 0 Å². The number of aromatic hydroxyl groups is 1. The summed E-state index contributed by atoms with van der Waals surface area (Å²) in [6, 6.07) is 4.93. The van der Waals surface area contributed by atoms with E-state index >= 15 is 0 Å². The average Bonchev–Trinajstić information content (AvgIpc) is 2.24. The van der Waals surface area contributed by atoms with Gasteiger partial charge in [-0.2, -0.15) is 0 Å². The van der Waals surface area contributed by atoms with Gasteiger partial charge < -0.3 is 10.0 Å². The third-order valence-corrected chi connectivity index (χ3v) is 3.30. The Balaban J connectivity index is 2.22. The average molecular weight is 188 g/mol. The van der Waals surface area contributed by atoms with Gasteiger partial charge in [-0.05, 0) is 37.3 Å². The van der Waals surface area contributed by atoms with Gasteiger partial charge in [0.1, 0.15) is 5.75 Å². The number of benzene rings is 1. The molecule has 0 amide bonds. The summed E-state index contributed by atoms with van der Waals surface area (Å²) in [7, 11) is 0. The van der Waals surface area contributed by atoms with E-state index in [-0.39, 0.29) is 0 Å². The van der Waals surface area contributed by atoms with Gasteiger partial charge in [-0.3, -0.25) is 0 Å². The summed E-state index contributed by atoms with van der Waals surface area (Å²) in [5, 5.41) is 9.74. The van der Waals surface area contributed by atoms with E-state index in [1.165, 1.54) is 17.7 Å². The molecule has 73 valence electrons. The molecule has 0 unspecified atom stereocenters. The molecule has 1 aromatic rings. The maximum atomic E-state index is 9.74. The van der Waals surface area contributed by atoms with Crippen LogP contribution in [0.1, 0.15) is 24.0 Å². The molecule has 0 aliphatic carbocycles. The Labute approximate surface area is 84.2 Å². The summed E-state index contributed by atoms with van der Waals surface area (Å²) in [6.45, 7) is 2.31. The van der Waals surface area contributed by atoms with E-state index in [0.29, 0.717) is 5.75 Å². The lowest BCUT2D eigenvalue weighted by Crippen LogP contribution is -2.34. The number of nitrogens with zero attached hydrogens (tertiary/aromatic N) is 1. The van der Waals surface area contributed by atoms with Gasteiger partial charge in [0.15, 0.2) is 0 Å². The summed E-state index contributed by atoms with van der Waals surface area (Å²) in [6.07, 6.45) is 4.57. The molecule has 0 saturated heterocycles. The van der Waals surface area contributed by atoms with E-state index in [4.69, 9.17) is 0 Å². The minimum absolute atomic E-state index is 0.371. The number of rotatable bonds is 0. The van der Waals surface area contributed by atoms with Crippen molar-refractivity contribution >= 4 is 5.69 Å². The molecule has 2 aliphatic rings. The Bertz CT molecular complexity index is 371. The quantitative estimate of drug-likeness (QED) is 0.672. The number of hydrogen-bond donors (Lipinski definition) is 1. The van der Waals surface area contributed by atoms with Gasteiger partial charge in [0.25, 0.3) is 0 Å². The fourth-order valence-corrected chi connectivity index (χ4v) is 2.68. The third kappa shape index (κ3) is 1.03. The van der Waals surface area contributed by atoms with Gasteiger partial charge in [0.2, 0.25) is 0 Å². The second-order valence-electron chi connectivity index (χ2n) is 4.18. The molecule has 0 spiro atoms. The van der Waals surface area contributed by atoms with Crippen LogP contribution in [0, 0.1) is 6.07 Å². The number of phenolic OH excluding ortho intramolecular Hbond substituents is 1. The van der Waals surface area contributed by atoms with E-state index in [9.17, 15) is 5.11 Å². The standard InChI is InChI=1S/C12H14NO/c14-11-6-5-9-3-1-7-13-8-2-4-10(11)12(9)13/h5,14H,1-4,7-8H2. The number of phenols is 1. The molecule has 0 saturated carbocycles. The minimum Gasteiger partial charge on any atom is -0.507 e. The van der Waals surface area contributed by atoms with Crippen LogP contribution in [0.5, 0.6) is 5.75 Å². The molecule has 2 aliphatic heterocycles. The molecule has 1 N–H and O–H groups in total. The number of anilines is 1. The van der Waals surface area contributed by atoms with Crippen LogP contribution in [-0.2, 0) is 12.8 Å². The summed E-state index contributed by atoms with van der Waals surface area (Å²) in [4.78, 5) is 2.42. The van der Waals surface area contributed by atoms with Crippen LogP contribution >= 0.6 is 0 Å². The fraction of sp³-hybridized carbons (Fsp3) is 0.500. The van der Waals surface area contributed by atoms with Gasteiger partial charge in [0, 0.05) is 30.4 Å². The SMILES string of the molecule is Oc1[c]cc2c3c1CCCN3CCC2. The van der Waals surface area contributed by atoms with E-state index in [2.05, 4.69) is 11.0 Å². The van der Waals surface area contributed by atoms with Crippen molar-refractivity contribution in [1.29, 1.82) is 0 Å². The summed E-state index contributed by atoms with van der Waals surface area (Å²) in [5.74, 6) is 0.371. The highest BCUT2D eigenvalue weighted by atomic mass is 16.3. The van der Waals surface area contributed by atoms with Crippen molar-refractivity contribution in [2.45, 2.75) is 25.7 Å². The second-order valence-corrected chi connectivity index (χ2v) is 4.18. The van der Waals surface area contributed by atoms with Gasteiger partial charge in [-0.1, -0.05) is 0 Å². The first kappa shape index (κ1) is 8.16. The number of aryl methyl sites for hydroxylation is 1. The molecule has 3 rings (SSSR count). The van der Waals surface area contributed by atoms with Crippen LogP contribution in [0.3, 0.4) is 0 Å². The third-order valence-electron chi connectivity index (χ3n) is 3.30. The van der Waals surface area contributed by atoms with Crippen LogP contribution in [-0.4, -0.2) is 18.2 Å². The second kappa shape index (κ2) is 2.91. The lowest BCUT2D eigenvalue weighted by molar-refractivity contribution is 0.461. The topological polar surface area (TPSA) is 23.5 Å². The van der Waals surface area contributed by atoms with Crippen LogP contribution in [0.15, 0.2) is 6.07 Å². The van der Waals surface area contributed by atoms with Crippen molar-refractivity contribution in [3.63, 3.8) is 0 Å². The van der Waals surface area contributed by atoms with Crippen LogP contribution < -0.4 is 4.90 Å². The molecule has 2 nitrogen and oxygen atoms in total. The fourth-order valence-electron chi connectivity index (χ4n) is 2.68. The molecule has 14 heavy (non-hydrogen) atoms. The van der Waals surface area contributed by atoms with Gasteiger partial charge >= 0.3 is 0 Å². The van der Waals surface area contributed by atoms with Crippen molar-refractivity contribution in [2.24, 2.45) is 0 Å². The Morgan fingerprint density at radius 2 is 2.00 bits per heavy atom. The molecule has 0 bridgehead atoms. The smallest absolute Gasteiger partial charge is 0.128 e. The van der Waals surface area contributed by atoms with E-state index in [0.717, 1.165) is 37.9 Å². The predicted molar refractivity (Wildman–Crippen MR) is 55.8 cm³/mol. The summed E-state index contributed by atoms with van der Waals surface area (Å²) in [5.41, 5.74) is 3.83. The van der Waals surface area contributed by atoms with Crippen molar-refractivity contribution in [1.82, 2.24) is 0 Å². The Morgan fingerprint density at radius 1 is 1.21 bits per heavy atom. The molecule has 2 heterocycles. The lowest BCUT2D eigenvalue weighted by Gasteiger charge is -2.36. The molecule has 2 heteroatoms. The molecule has 1 aromatic carbocycles. The van der Waals surface area contributed by atoms with Crippen molar-refractivity contribution in [3.8, 4) is 5.75 Å². The van der Waals surface area contributed by atoms with Crippen molar-refractivity contribution in [2.75, 3.05) is 18.0 Å². The Hall–Kier alpha value is -1.18. The zero-order valence-corrected chi connectivity index (χ0v) is 8.21. The maximum absolute atomic E-state index is 9.74. The highest BCUT2D eigenvalue weighted by Gasteiger charge is 2.25. The van der Waals surface area contributed by atoms with Crippen molar-refractivity contribution in [3.05, 3.63) is 23.3 Å². The van der Waals surface area contributed by atoms with E-state index in [1.807, 2.05) is 6.07 Å². The van der Waals surface area contributed by atoms with Crippen molar-refractivity contribution < 1.29 is 5.11 Å². The molecule has 1 radical (unpaired) electrons. The minimum atomic E-state index is 0.371. The summed E-state index contributed by atoms with van der Waals surface area (Å²) < 4.78 is 0. The van der Waals surface area contributed by atoms with Crippen LogP contribution in [0.4, 0.5) is 5.69 Å². The Kier molecular flexibility index (Phi) is 1.69. The maximum Gasteiger partial charge on any atom is 0.128 e. The molecule has 0 fully saturated rings. The molecule has 0 atom stereocenters. The highest BCUT2D eigenvalue weighted by molar-refractivity contribution is 5.66. The Morgan fingerprint density at radius 3 is 2.86 bits per heavy atom. The normalized spacial score (nSPS) is 19.3. The monoisotopic (exact) mass is 188 g/mol. The first-order valence-corrected chi connectivity index (χ1v) is 5.36. The summed E-state index contributed by atoms with van der Waals surface area (Å²) >= 11 is 0. The molecular formula is C12H14NO. The van der Waals surface area contributed by atoms with Crippen LogP contribution in [0.25, 0.3) is 0 Å². The highest BCUT2D eigenvalue weighted by Crippen LogP contribution is 2.39. The largest absolute Gasteiger partial charge is 0.507 e. The zero-order chi connectivity index (χ0) is 9.54. The lowest BCUT2D eigenvalue weighted by atomic mass is 9.91. The van der Waals surface area contributed by atoms with Gasteiger partial charge in [-0.25, -0.2) is 0 Å². The molecular weight excluding hydrogens is 174 g/mol. The van der Waals surface area contributed by atoms with E-state index < -0.39 is 0 Å². The predicted octanol–water partition coefficient (Wildman–Crippen LogP) is 1.89. The van der Waals surface area contributed by atoms with Gasteiger partial charge in [0.05, 0.1) is 0 Å². The molecule has 0 aromatic heterocycles. The first-order valence-electron chi connectivity index (χ1n) is 5.36. The van der Waals surface area contributed by atoms with Crippen LogP contribution in [0.2, 0.25) is 0 Å². The van der Waals surface area contributed by atoms with Gasteiger partial charge in [-0.15, -0.1) is 0 Å². The number of hydrogen-bond acceptors (Lipinski definition) is 2. The zero-order valence-electron chi connectivity index (χ0n) is 8.21.